The number of aliphatic imine (C=N–C) groups is 1. The van der Waals surface area contributed by atoms with Crippen molar-refractivity contribution in [2.45, 2.75) is 27.2 Å². The fourth-order valence-corrected chi connectivity index (χ4v) is 2.86. The third-order valence-corrected chi connectivity index (χ3v) is 4.86. The lowest BCUT2D eigenvalue weighted by atomic mass is 9.92. The number of nitrogens with one attached hydrogen (secondary N) is 1. The molecule has 2 heterocycles. The standard InChI is InChI=1S/C25H31N3/c1-7-9-12-23-19(4)14-15-24(28-23)22(16-18(3)8-2)20(5)21-11-10-13-25(26-6)27-17-21/h7,9-16,18H,1,5,8,17H2,2-4,6H3,(H,26,27)/b12-9-,22-16+. The van der Waals surface area contributed by atoms with Gasteiger partial charge in [0.1, 0.15) is 5.84 Å². The van der Waals surface area contributed by atoms with E-state index in [1.165, 1.54) is 0 Å². The van der Waals surface area contributed by atoms with E-state index in [1.807, 2.05) is 24.3 Å². The van der Waals surface area contributed by atoms with Crippen LogP contribution in [-0.2, 0) is 0 Å². The average molecular weight is 374 g/mol. The molecule has 0 saturated carbocycles. The Morgan fingerprint density at radius 3 is 2.86 bits per heavy atom. The van der Waals surface area contributed by atoms with Gasteiger partial charge in [-0.1, -0.05) is 69.9 Å². The molecule has 28 heavy (non-hydrogen) atoms. The number of rotatable bonds is 7. The molecule has 1 aromatic heterocycles. The van der Waals surface area contributed by atoms with Gasteiger partial charge in [0.15, 0.2) is 0 Å². The van der Waals surface area contributed by atoms with E-state index in [-0.39, 0.29) is 0 Å². The van der Waals surface area contributed by atoms with Crippen molar-refractivity contribution < 1.29 is 0 Å². The molecule has 1 aromatic rings. The lowest BCUT2D eigenvalue weighted by Crippen LogP contribution is -2.23. The molecule has 0 spiro atoms. The molecule has 0 aliphatic carbocycles. The summed E-state index contributed by atoms with van der Waals surface area (Å²) < 4.78 is 0. The lowest BCUT2D eigenvalue weighted by Gasteiger charge is -2.17. The first-order valence-corrected chi connectivity index (χ1v) is 9.76. The summed E-state index contributed by atoms with van der Waals surface area (Å²) in [5.74, 6) is 1.31. The van der Waals surface area contributed by atoms with Crippen molar-refractivity contribution in [3.8, 4) is 0 Å². The van der Waals surface area contributed by atoms with E-state index < -0.39 is 0 Å². The Balaban J connectivity index is 2.46. The maximum atomic E-state index is 4.91. The molecule has 1 aliphatic heterocycles. The first kappa shape index (κ1) is 21.4. The molecule has 2 rings (SSSR count). The Morgan fingerprint density at radius 2 is 2.18 bits per heavy atom. The quantitative estimate of drug-likeness (QED) is 0.624. The van der Waals surface area contributed by atoms with Gasteiger partial charge >= 0.3 is 0 Å². The third kappa shape index (κ3) is 5.53. The summed E-state index contributed by atoms with van der Waals surface area (Å²) in [6.45, 7) is 15.4. The molecule has 0 aromatic carbocycles. The van der Waals surface area contributed by atoms with Crippen LogP contribution in [0.4, 0.5) is 0 Å². The summed E-state index contributed by atoms with van der Waals surface area (Å²) in [7, 11) is 1.79. The first-order valence-electron chi connectivity index (χ1n) is 9.76. The van der Waals surface area contributed by atoms with Crippen LogP contribution in [0.1, 0.15) is 37.2 Å². The van der Waals surface area contributed by atoms with Gasteiger partial charge in [0.2, 0.25) is 0 Å². The number of aryl methyl sites for hydroxylation is 1. The second-order valence-electron chi connectivity index (χ2n) is 6.95. The molecule has 1 aliphatic rings. The van der Waals surface area contributed by atoms with E-state index in [4.69, 9.17) is 4.98 Å². The summed E-state index contributed by atoms with van der Waals surface area (Å²) in [6.07, 6.45) is 15.1. The molecule has 0 radical (unpaired) electrons. The van der Waals surface area contributed by atoms with E-state index >= 15 is 0 Å². The highest BCUT2D eigenvalue weighted by molar-refractivity contribution is 5.94. The van der Waals surface area contributed by atoms with E-state index in [0.29, 0.717) is 12.5 Å². The van der Waals surface area contributed by atoms with Gasteiger partial charge in [-0.2, -0.15) is 0 Å². The molecule has 3 nitrogen and oxygen atoms in total. The number of amidine groups is 1. The second kappa shape index (κ2) is 10.4. The molecule has 146 valence electrons. The van der Waals surface area contributed by atoms with Crippen LogP contribution in [-0.4, -0.2) is 24.4 Å². The predicted octanol–water partition coefficient (Wildman–Crippen LogP) is 5.69. The van der Waals surface area contributed by atoms with Crippen LogP contribution in [0.2, 0.25) is 0 Å². The molecule has 3 heteroatoms. The highest BCUT2D eigenvalue weighted by Gasteiger charge is 2.15. The SMILES string of the molecule is C=C/C=C\c1nc(/C(=C/C(C)CC)C(=C)C2=CC=CC(=NC)NC2)ccc1C. The zero-order chi connectivity index (χ0) is 20.5. The maximum Gasteiger partial charge on any atom is 0.120 e. The van der Waals surface area contributed by atoms with Crippen molar-refractivity contribution in [2.75, 3.05) is 13.6 Å². The highest BCUT2D eigenvalue weighted by Crippen LogP contribution is 2.29. The zero-order valence-corrected chi connectivity index (χ0v) is 17.5. The molecule has 0 bridgehead atoms. The minimum absolute atomic E-state index is 0.435. The first-order chi connectivity index (χ1) is 13.5. The lowest BCUT2D eigenvalue weighted by molar-refractivity contribution is 0.699. The van der Waals surface area contributed by atoms with Crippen LogP contribution in [0.5, 0.6) is 0 Å². The Kier molecular flexibility index (Phi) is 7.94. The van der Waals surface area contributed by atoms with Gasteiger partial charge in [-0.05, 0) is 47.8 Å². The van der Waals surface area contributed by atoms with Crippen LogP contribution >= 0.6 is 0 Å². The summed E-state index contributed by atoms with van der Waals surface area (Å²) in [5.41, 5.74) is 6.24. The molecule has 1 N–H and O–H groups in total. The Labute approximate surface area is 169 Å². The van der Waals surface area contributed by atoms with Gasteiger partial charge in [-0.15, -0.1) is 0 Å². The van der Waals surface area contributed by atoms with Gasteiger partial charge in [-0.25, -0.2) is 4.98 Å². The Morgan fingerprint density at radius 1 is 1.39 bits per heavy atom. The zero-order valence-electron chi connectivity index (χ0n) is 17.5. The molecule has 0 amide bonds. The smallest absolute Gasteiger partial charge is 0.120 e. The number of allylic oxidation sites excluding steroid dienone is 6. The molecular formula is C25H31N3. The molecule has 0 saturated heterocycles. The van der Waals surface area contributed by atoms with E-state index in [1.54, 1.807) is 13.1 Å². The molecule has 1 unspecified atom stereocenters. The van der Waals surface area contributed by atoms with Gasteiger partial charge in [0.05, 0.1) is 11.4 Å². The average Bonchev–Trinajstić information content (AvgIpc) is 2.96. The highest BCUT2D eigenvalue weighted by atomic mass is 15.0. The number of aromatic nitrogens is 1. The monoisotopic (exact) mass is 373 g/mol. The maximum absolute atomic E-state index is 4.91. The van der Waals surface area contributed by atoms with Gasteiger partial charge in [0, 0.05) is 19.2 Å². The molecular weight excluding hydrogens is 342 g/mol. The normalized spacial score (nSPS) is 17.2. The van der Waals surface area contributed by atoms with Crippen molar-refractivity contribution in [3.63, 3.8) is 0 Å². The minimum Gasteiger partial charge on any atom is -0.366 e. The van der Waals surface area contributed by atoms with Gasteiger partial charge in [0.25, 0.3) is 0 Å². The minimum atomic E-state index is 0.435. The molecule has 1 atom stereocenters. The number of pyridine rings is 1. The van der Waals surface area contributed by atoms with E-state index in [0.717, 1.165) is 45.9 Å². The Hall–Kier alpha value is -2.94. The van der Waals surface area contributed by atoms with Crippen molar-refractivity contribution in [3.05, 3.63) is 89.8 Å². The van der Waals surface area contributed by atoms with Crippen molar-refractivity contribution in [1.29, 1.82) is 0 Å². The summed E-state index contributed by atoms with van der Waals surface area (Å²) in [4.78, 5) is 9.14. The fourth-order valence-electron chi connectivity index (χ4n) is 2.86. The van der Waals surface area contributed by atoms with E-state index in [9.17, 15) is 0 Å². The summed E-state index contributed by atoms with van der Waals surface area (Å²) in [6, 6.07) is 4.20. The summed E-state index contributed by atoms with van der Waals surface area (Å²) in [5, 5.41) is 3.35. The van der Waals surface area contributed by atoms with Crippen molar-refractivity contribution in [2.24, 2.45) is 10.9 Å². The number of nitrogens with zero attached hydrogens (tertiary/aromatic N) is 2. The Bertz CT molecular complexity index is 879. The van der Waals surface area contributed by atoms with Crippen molar-refractivity contribution >= 4 is 17.5 Å². The van der Waals surface area contributed by atoms with E-state index in [2.05, 4.69) is 68.5 Å². The topological polar surface area (TPSA) is 37.3 Å². The number of hydrogen-bond donors (Lipinski definition) is 1. The predicted molar refractivity (Wildman–Crippen MR) is 123 cm³/mol. The fraction of sp³-hybridized carbons (Fsp3) is 0.280. The van der Waals surface area contributed by atoms with Crippen LogP contribution in [0.15, 0.2) is 77.9 Å². The van der Waals surface area contributed by atoms with Crippen molar-refractivity contribution in [1.82, 2.24) is 10.3 Å². The van der Waals surface area contributed by atoms with Crippen LogP contribution in [0, 0.1) is 12.8 Å². The second-order valence-corrected chi connectivity index (χ2v) is 6.95. The van der Waals surface area contributed by atoms with Crippen LogP contribution in [0.25, 0.3) is 11.6 Å². The number of hydrogen-bond acceptors (Lipinski definition) is 2. The summed E-state index contributed by atoms with van der Waals surface area (Å²) >= 11 is 0. The van der Waals surface area contributed by atoms with Gasteiger partial charge in [-0.3, -0.25) is 4.99 Å². The largest absolute Gasteiger partial charge is 0.366 e. The van der Waals surface area contributed by atoms with Gasteiger partial charge < -0.3 is 5.32 Å². The van der Waals surface area contributed by atoms with Crippen LogP contribution in [0.3, 0.4) is 0 Å². The van der Waals surface area contributed by atoms with Crippen LogP contribution < -0.4 is 5.32 Å². The third-order valence-electron chi connectivity index (χ3n) is 4.86. The molecule has 0 fully saturated rings.